The van der Waals surface area contributed by atoms with Crippen LogP contribution in [0.3, 0.4) is 0 Å². The normalized spacial score (nSPS) is 11.8. The van der Waals surface area contributed by atoms with Crippen molar-refractivity contribution in [1.29, 1.82) is 0 Å². The van der Waals surface area contributed by atoms with Crippen molar-refractivity contribution in [3.63, 3.8) is 0 Å². The molecule has 0 saturated carbocycles. The molecule has 1 rings (SSSR count). The molecular formula is C13H18N2O. The lowest BCUT2D eigenvalue weighted by molar-refractivity contribution is 0.380. The third-order valence-electron chi connectivity index (χ3n) is 2.40. The maximum atomic E-state index is 5.30. The minimum absolute atomic E-state index is 0.213. The number of rotatable bonds is 6. The highest BCUT2D eigenvalue weighted by Crippen LogP contribution is 2.25. The number of nitrogens with one attached hydrogen (secondary N) is 1. The number of pyridine rings is 1. The lowest BCUT2D eigenvalue weighted by Crippen LogP contribution is -2.21. The van der Waals surface area contributed by atoms with Crippen LogP contribution in [0.15, 0.2) is 18.3 Å². The number of methoxy groups -OCH3 is 1. The Kier molecular flexibility index (Phi) is 5.38. The number of nitrogens with zero attached hydrogens (tertiary/aromatic N) is 1. The molecule has 0 bridgehead atoms. The molecule has 1 N–H and O–H groups in total. The van der Waals surface area contributed by atoms with E-state index in [2.05, 4.69) is 23.1 Å². The van der Waals surface area contributed by atoms with Crippen molar-refractivity contribution in [2.75, 3.05) is 13.7 Å². The molecule has 3 heteroatoms. The quantitative estimate of drug-likeness (QED) is 0.743. The average molecular weight is 218 g/mol. The molecule has 0 aliphatic rings. The van der Waals surface area contributed by atoms with E-state index in [9.17, 15) is 0 Å². The van der Waals surface area contributed by atoms with Crippen LogP contribution in [0.4, 0.5) is 0 Å². The number of terminal acetylenes is 1. The molecular weight excluding hydrogens is 200 g/mol. The molecule has 0 spiro atoms. The van der Waals surface area contributed by atoms with Crippen LogP contribution in [-0.2, 0) is 0 Å². The zero-order chi connectivity index (χ0) is 11.8. The van der Waals surface area contributed by atoms with Crippen LogP contribution in [0.1, 0.15) is 31.4 Å². The van der Waals surface area contributed by atoms with Gasteiger partial charge in [0.25, 0.3) is 0 Å². The fourth-order valence-electron chi connectivity index (χ4n) is 1.68. The summed E-state index contributed by atoms with van der Waals surface area (Å²) in [4.78, 5) is 4.19. The van der Waals surface area contributed by atoms with E-state index < -0.39 is 0 Å². The van der Waals surface area contributed by atoms with E-state index in [1.807, 2.05) is 12.1 Å². The third-order valence-corrected chi connectivity index (χ3v) is 2.40. The summed E-state index contributed by atoms with van der Waals surface area (Å²) in [6.07, 6.45) is 8.67. The van der Waals surface area contributed by atoms with Gasteiger partial charge in [-0.05, 0) is 19.0 Å². The molecule has 0 aromatic carbocycles. The van der Waals surface area contributed by atoms with Crippen LogP contribution in [0.2, 0.25) is 0 Å². The Morgan fingerprint density at radius 1 is 1.62 bits per heavy atom. The molecule has 3 nitrogen and oxygen atoms in total. The zero-order valence-corrected chi connectivity index (χ0v) is 9.86. The van der Waals surface area contributed by atoms with Gasteiger partial charge in [-0.3, -0.25) is 0 Å². The van der Waals surface area contributed by atoms with Gasteiger partial charge in [0.05, 0.1) is 7.11 Å². The fourth-order valence-corrected chi connectivity index (χ4v) is 1.68. The van der Waals surface area contributed by atoms with E-state index in [1.165, 1.54) is 0 Å². The first-order valence-corrected chi connectivity index (χ1v) is 5.49. The highest BCUT2D eigenvalue weighted by molar-refractivity contribution is 5.29. The van der Waals surface area contributed by atoms with E-state index in [4.69, 9.17) is 11.2 Å². The zero-order valence-electron chi connectivity index (χ0n) is 9.86. The molecule has 1 aromatic rings. The predicted octanol–water partition coefficient (Wildman–Crippen LogP) is 2.15. The second-order valence-corrected chi connectivity index (χ2v) is 3.45. The highest BCUT2D eigenvalue weighted by atomic mass is 16.5. The van der Waals surface area contributed by atoms with Gasteiger partial charge in [-0.15, -0.1) is 12.3 Å². The van der Waals surface area contributed by atoms with Gasteiger partial charge in [0.1, 0.15) is 0 Å². The van der Waals surface area contributed by atoms with Crippen molar-refractivity contribution in [3.8, 4) is 18.2 Å². The lowest BCUT2D eigenvalue weighted by atomic mass is 10.0. The molecule has 1 heterocycles. The molecule has 86 valence electrons. The molecule has 1 atom stereocenters. The van der Waals surface area contributed by atoms with Crippen molar-refractivity contribution in [2.24, 2.45) is 0 Å². The second-order valence-electron chi connectivity index (χ2n) is 3.45. The Morgan fingerprint density at radius 2 is 2.44 bits per heavy atom. The summed E-state index contributed by atoms with van der Waals surface area (Å²) < 4.78 is 5.25. The molecule has 0 saturated heterocycles. The van der Waals surface area contributed by atoms with Gasteiger partial charge in [0.15, 0.2) is 0 Å². The second kappa shape index (κ2) is 6.86. The summed E-state index contributed by atoms with van der Waals surface area (Å²) in [6.45, 7) is 2.97. The van der Waals surface area contributed by atoms with Crippen molar-refractivity contribution < 1.29 is 4.74 Å². The first kappa shape index (κ1) is 12.5. The van der Waals surface area contributed by atoms with Gasteiger partial charge in [0, 0.05) is 24.2 Å². The Hall–Kier alpha value is -1.53. The van der Waals surface area contributed by atoms with Crippen LogP contribution in [0.25, 0.3) is 0 Å². The molecule has 0 aliphatic carbocycles. The summed E-state index contributed by atoms with van der Waals surface area (Å²) in [5.74, 6) is 3.33. The third kappa shape index (κ3) is 3.25. The van der Waals surface area contributed by atoms with E-state index in [0.717, 1.165) is 24.9 Å². The Balaban J connectivity index is 2.86. The van der Waals surface area contributed by atoms with Crippen molar-refractivity contribution in [2.45, 2.75) is 25.8 Å². The minimum Gasteiger partial charge on any atom is -0.481 e. The van der Waals surface area contributed by atoms with Gasteiger partial charge < -0.3 is 10.1 Å². The summed E-state index contributed by atoms with van der Waals surface area (Å²) in [5, 5.41) is 3.39. The van der Waals surface area contributed by atoms with Crippen LogP contribution < -0.4 is 10.1 Å². The molecule has 0 amide bonds. The molecule has 0 fully saturated rings. The van der Waals surface area contributed by atoms with Crippen molar-refractivity contribution in [3.05, 3.63) is 23.9 Å². The number of ether oxygens (including phenoxy) is 1. The van der Waals surface area contributed by atoms with Crippen molar-refractivity contribution >= 4 is 0 Å². The van der Waals surface area contributed by atoms with Crippen LogP contribution in [0, 0.1) is 12.3 Å². The first-order chi connectivity index (χ1) is 7.83. The van der Waals surface area contributed by atoms with E-state index in [0.29, 0.717) is 5.88 Å². The first-order valence-electron chi connectivity index (χ1n) is 5.49. The molecule has 0 radical (unpaired) electrons. The molecule has 1 aromatic heterocycles. The van der Waals surface area contributed by atoms with Gasteiger partial charge in [-0.2, -0.15) is 0 Å². The maximum absolute atomic E-state index is 5.30. The number of hydrogen-bond donors (Lipinski definition) is 1. The fraction of sp³-hybridized carbons (Fsp3) is 0.462. The Bertz CT molecular complexity index is 357. The SMILES string of the molecule is C#CCCC(NCC)c1cccnc1OC. The van der Waals surface area contributed by atoms with Gasteiger partial charge in [-0.1, -0.05) is 13.0 Å². The minimum atomic E-state index is 0.213. The van der Waals surface area contributed by atoms with Gasteiger partial charge >= 0.3 is 0 Å². The highest BCUT2D eigenvalue weighted by Gasteiger charge is 2.14. The predicted molar refractivity (Wildman–Crippen MR) is 65.3 cm³/mol. The Morgan fingerprint density at radius 3 is 3.06 bits per heavy atom. The lowest BCUT2D eigenvalue weighted by Gasteiger charge is -2.18. The van der Waals surface area contributed by atoms with Crippen LogP contribution in [0.5, 0.6) is 5.88 Å². The number of aromatic nitrogens is 1. The van der Waals surface area contributed by atoms with Crippen LogP contribution >= 0.6 is 0 Å². The van der Waals surface area contributed by atoms with E-state index in [1.54, 1.807) is 13.3 Å². The summed E-state index contributed by atoms with van der Waals surface area (Å²) in [7, 11) is 1.63. The molecule has 1 unspecified atom stereocenters. The topological polar surface area (TPSA) is 34.2 Å². The van der Waals surface area contributed by atoms with Crippen LogP contribution in [-0.4, -0.2) is 18.6 Å². The smallest absolute Gasteiger partial charge is 0.217 e. The van der Waals surface area contributed by atoms with Gasteiger partial charge in [-0.25, -0.2) is 4.98 Å². The summed E-state index contributed by atoms with van der Waals surface area (Å²) >= 11 is 0. The number of hydrogen-bond acceptors (Lipinski definition) is 3. The maximum Gasteiger partial charge on any atom is 0.217 e. The monoisotopic (exact) mass is 218 g/mol. The molecule has 0 aliphatic heterocycles. The standard InChI is InChI=1S/C13H18N2O/c1-4-6-9-12(14-5-2)11-8-7-10-15-13(11)16-3/h1,7-8,10,12,14H,5-6,9H2,2-3H3. The van der Waals surface area contributed by atoms with E-state index >= 15 is 0 Å². The summed E-state index contributed by atoms with van der Waals surface area (Å²) in [6, 6.07) is 4.15. The van der Waals surface area contributed by atoms with E-state index in [-0.39, 0.29) is 6.04 Å². The average Bonchev–Trinajstić information content (AvgIpc) is 2.34. The van der Waals surface area contributed by atoms with Gasteiger partial charge in [0.2, 0.25) is 5.88 Å². The Labute approximate surface area is 97.2 Å². The largest absolute Gasteiger partial charge is 0.481 e. The molecule has 16 heavy (non-hydrogen) atoms. The summed E-state index contributed by atoms with van der Waals surface area (Å²) in [5.41, 5.74) is 1.07. The van der Waals surface area contributed by atoms with Crippen molar-refractivity contribution in [1.82, 2.24) is 10.3 Å².